The molecule has 0 heterocycles. The van der Waals surface area contributed by atoms with Crippen molar-refractivity contribution in [3.8, 4) is 0 Å². The second-order valence-corrected chi connectivity index (χ2v) is 6.42. The maximum absolute atomic E-state index is 12.4. The van der Waals surface area contributed by atoms with E-state index in [1.165, 1.54) is 0 Å². The van der Waals surface area contributed by atoms with Gasteiger partial charge in [0.25, 0.3) is 9.84 Å². The monoisotopic (exact) mass is 349 g/mol. The maximum atomic E-state index is 12.4. The van der Waals surface area contributed by atoms with Gasteiger partial charge in [0.1, 0.15) is 0 Å². The van der Waals surface area contributed by atoms with Crippen LogP contribution in [0.3, 0.4) is 0 Å². The zero-order chi connectivity index (χ0) is 15.7. The first-order chi connectivity index (χ1) is 8.96. The van der Waals surface area contributed by atoms with Gasteiger partial charge in [-0.3, -0.25) is 0 Å². The summed E-state index contributed by atoms with van der Waals surface area (Å²) < 4.78 is 59.7. The molecule has 1 aromatic rings. The van der Waals surface area contributed by atoms with E-state index in [4.69, 9.17) is 23.2 Å². The average Bonchev–Trinajstić information content (AvgIpc) is 2.27. The number of rotatable bonds is 4. The Bertz CT molecular complexity index is 641. The van der Waals surface area contributed by atoms with Crippen LogP contribution in [0.15, 0.2) is 17.0 Å². The number of halogens is 5. The van der Waals surface area contributed by atoms with Crippen molar-refractivity contribution in [3.05, 3.63) is 27.7 Å². The first kappa shape index (κ1) is 17.1. The zero-order valence-electron chi connectivity index (χ0n) is 9.50. The Morgan fingerprint density at radius 1 is 1.20 bits per heavy atom. The topological polar surface area (TPSA) is 74.3 Å². The van der Waals surface area contributed by atoms with E-state index in [0.29, 0.717) is 6.07 Å². The predicted octanol–water partition coefficient (Wildman–Crippen LogP) is 1.97. The Morgan fingerprint density at radius 2 is 1.75 bits per heavy atom. The highest BCUT2D eigenvalue weighted by Crippen LogP contribution is 2.37. The lowest BCUT2D eigenvalue weighted by Crippen LogP contribution is -2.24. The van der Waals surface area contributed by atoms with Gasteiger partial charge in [0.15, 0.2) is 0 Å². The van der Waals surface area contributed by atoms with Crippen molar-refractivity contribution < 1.29 is 31.5 Å². The molecule has 0 unspecified atom stereocenters. The summed E-state index contributed by atoms with van der Waals surface area (Å²) in [4.78, 5) is 9.12. The lowest BCUT2D eigenvalue weighted by Gasteiger charge is -2.12. The summed E-state index contributed by atoms with van der Waals surface area (Å²) in [7, 11) is -5.62. The largest absolute Gasteiger partial charge is 0.550 e. The molecule has 0 fully saturated rings. The minimum atomic E-state index is -5.62. The van der Waals surface area contributed by atoms with E-state index in [2.05, 4.69) is 0 Å². The van der Waals surface area contributed by atoms with Crippen molar-refractivity contribution in [1.82, 2.24) is 0 Å². The number of carbonyl (C=O) groups excluding carboxylic acids is 1. The smallest absolute Gasteiger partial charge is 0.501 e. The molecule has 0 spiro atoms. The molecular formula is C10H6Cl2F3O4S-. The first-order valence-corrected chi connectivity index (χ1v) is 7.20. The van der Waals surface area contributed by atoms with Crippen molar-refractivity contribution in [1.29, 1.82) is 0 Å². The van der Waals surface area contributed by atoms with Gasteiger partial charge >= 0.3 is 5.51 Å². The van der Waals surface area contributed by atoms with E-state index in [1.54, 1.807) is 0 Å². The molecule has 20 heavy (non-hydrogen) atoms. The second kappa shape index (κ2) is 5.79. The summed E-state index contributed by atoms with van der Waals surface area (Å²) in [6.45, 7) is 0. The minimum Gasteiger partial charge on any atom is -0.550 e. The third kappa shape index (κ3) is 3.56. The highest BCUT2D eigenvalue weighted by Gasteiger charge is 2.48. The third-order valence-electron chi connectivity index (χ3n) is 2.29. The van der Waals surface area contributed by atoms with Gasteiger partial charge in [0.05, 0.1) is 9.92 Å². The Kier molecular flexibility index (Phi) is 4.94. The van der Waals surface area contributed by atoms with Gasteiger partial charge in [-0.2, -0.15) is 13.2 Å². The van der Waals surface area contributed by atoms with Gasteiger partial charge in [0, 0.05) is 11.0 Å². The number of aryl methyl sites for hydroxylation is 1. The van der Waals surface area contributed by atoms with Gasteiger partial charge in [-0.05, 0) is 30.5 Å². The van der Waals surface area contributed by atoms with Crippen LogP contribution in [0.4, 0.5) is 13.2 Å². The molecule has 0 aliphatic heterocycles. The number of hydrogen-bond acceptors (Lipinski definition) is 4. The number of alkyl halides is 3. The van der Waals surface area contributed by atoms with Crippen LogP contribution in [0.2, 0.25) is 10.0 Å². The van der Waals surface area contributed by atoms with Gasteiger partial charge in [-0.1, -0.05) is 23.2 Å². The quantitative estimate of drug-likeness (QED) is 0.832. The lowest BCUT2D eigenvalue weighted by atomic mass is 10.1. The van der Waals surface area contributed by atoms with Crippen molar-refractivity contribution in [2.24, 2.45) is 0 Å². The molecular weight excluding hydrogens is 344 g/mol. The van der Waals surface area contributed by atoms with E-state index >= 15 is 0 Å². The van der Waals surface area contributed by atoms with Gasteiger partial charge in [-0.25, -0.2) is 8.42 Å². The fraction of sp³-hybridized carbons (Fsp3) is 0.300. The van der Waals surface area contributed by atoms with Crippen molar-refractivity contribution >= 4 is 39.0 Å². The van der Waals surface area contributed by atoms with Gasteiger partial charge < -0.3 is 9.90 Å². The van der Waals surface area contributed by atoms with E-state index in [9.17, 15) is 31.5 Å². The van der Waals surface area contributed by atoms with Crippen LogP contribution in [-0.2, 0) is 21.1 Å². The van der Waals surface area contributed by atoms with Crippen LogP contribution in [0, 0.1) is 0 Å². The number of carboxylic acid groups (broad SMARTS) is 1. The fourth-order valence-electron chi connectivity index (χ4n) is 1.33. The van der Waals surface area contributed by atoms with Gasteiger partial charge in [0.2, 0.25) is 0 Å². The summed E-state index contributed by atoms with van der Waals surface area (Å²) in [5, 5.41) is 9.29. The number of sulfone groups is 1. The van der Waals surface area contributed by atoms with E-state index in [1.807, 2.05) is 0 Å². The molecule has 1 rings (SSSR count). The van der Waals surface area contributed by atoms with Crippen molar-refractivity contribution in [2.75, 3.05) is 0 Å². The average molecular weight is 350 g/mol. The number of carboxylic acids is 1. The van der Waals surface area contributed by atoms with Crippen LogP contribution >= 0.6 is 23.2 Å². The molecule has 10 heteroatoms. The molecule has 0 amide bonds. The Labute approximate surface area is 122 Å². The Morgan fingerprint density at radius 3 is 2.20 bits per heavy atom. The molecule has 0 radical (unpaired) electrons. The van der Waals surface area contributed by atoms with Crippen LogP contribution in [0.1, 0.15) is 12.0 Å². The highest BCUT2D eigenvalue weighted by atomic mass is 35.5. The van der Waals surface area contributed by atoms with Crippen LogP contribution in [-0.4, -0.2) is 19.9 Å². The summed E-state index contributed by atoms with van der Waals surface area (Å²) in [6.07, 6.45) is -0.575. The van der Waals surface area contributed by atoms with Crippen molar-refractivity contribution in [2.45, 2.75) is 23.2 Å². The number of carbonyl (C=O) groups is 1. The summed E-state index contributed by atoms with van der Waals surface area (Å²) in [5.74, 6) is -1.39. The molecule has 0 aromatic heterocycles. The van der Waals surface area contributed by atoms with Crippen LogP contribution < -0.4 is 5.11 Å². The highest BCUT2D eigenvalue weighted by molar-refractivity contribution is 7.92. The SMILES string of the molecule is O=C([O-])CCc1cc(Cl)c(S(=O)(=O)C(F)(F)F)cc1Cl. The van der Waals surface area contributed by atoms with Crippen molar-refractivity contribution in [3.63, 3.8) is 0 Å². The molecule has 0 N–H and O–H groups in total. The first-order valence-electron chi connectivity index (χ1n) is 4.96. The molecule has 0 saturated heterocycles. The van der Waals surface area contributed by atoms with E-state index in [0.717, 1.165) is 6.07 Å². The third-order valence-corrected chi connectivity index (χ3v) is 4.60. The number of aliphatic carboxylic acids is 1. The zero-order valence-corrected chi connectivity index (χ0v) is 11.8. The second-order valence-electron chi connectivity index (χ2n) is 3.70. The van der Waals surface area contributed by atoms with Crippen LogP contribution in [0.5, 0.6) is 0 Å². The fourth-order valence-corrected chi connectivity index (χ4v) is 2.98. The molecule has 0 saturated carbocycles. The number of benzene rings is 1. The van der Waals surface area contributed by atoms with Crippen LogP contribution in [0.25, 0.3) is 0 Å². The molecule has 4 nitrogen and oxygen atoms in total. The summed E-state index contributed by atoms with van der Waals surface area (Å²) >= 11 is 11.1. The minimum absolute atomic E-state index is 0.113. The molecule has 0 aliphatic rings. The van der Waals surface area contributed by atoms with E-state index in [-0.39, 0.29) is 17.0 Å². The molecule has 1 aromatic carbocycles. The molecule has 112 valence electrons. The standard InChI is InChI=1S/C10H7Cl2F3O4S/c11-6-4-8(20(18,19)10(13,14)15)7(12)3-5(6)1-2-9(16)17/h3-4H,1-2H2,(H,16,17)/p-1. The normalized spacial score (nSPS) is 12.4. The Balaban J connectivity index is 3.28. The van der Waals surface area contributed by atoms with E-state index < -0.39 is 37.7 Å². The summed E-state index contributed by atoms with van der Waals surface area (Å²) in [6, 6.07) is 1.45. The molecule has 0 aliphatic carbocycles. The lowest BCUT2D eigenvalue weighted by molar-refractivity contribution is -0.305. The summed E-state index contributed by atoms with van der Waals surface area (Å²) in [5.41, 5.74) is -5.39. The predicted molar refractivity (Wildman–Crippen MR) is 63.0 cm³/mol. The molecule has 0 bridgehead atoms. The number of hydrogen-bond donors (Lipinski definition) is 0. The van der Waals surface area contributed by atoms with Gasteiger partial charge in [-0.15, -0.1) is 0 Å². The molecule has 0 atom stereocenters. The Hall–Kier alpha value is -0.990. The maximum Gasteiger partial charge on any atom is 0.501 e.